The second kappa shape index (κ2) is 9.19. The van der Waals surface area contributed by atoms with E-state index in [0.717, 1.165) is 21.3 Å². The number of carbonyl (C=O) groups is 1. The minimum absolute atomic E-state index is 0.118. The summed E-state index contributed by atoms with van der Waals surface area (Å²) in [6.07, 6.45) is -0.615. The normalized spacial score (nSPS) is 12.3. The number of halogens is 4. The molecule has 0 fully saturated rings. The summed E-state index contributed by atoms with van der Waals surface area (Å²) in [7, 11) is 0. The lowest BCUT2D eigenvalue weighted by molar-refractivity contribution is 0.0195. The lowest BCUT2D eigenvalue weighted by Crippen LogP contribution is -2.31. The number of hydrogen-bond donors (Lipinski definition) is 0. The van der Waals surface area contributed by atoms with Crippen molar-refractivity contribution in [2.45, 2.75) is 13.8 Å². The van der Waals surface area contributed by atoms with E-state index in [1.165, 1.54) is 0 Å². The minimum atomic E-state index is -0.615. The van der Waals surface area contributed by atoms with Gasteiger partial charge in [0.25, 0.3) is 0 Å². The van der Waals surface area contributed by atoms with Crippen molar-refractivity contribution in [2.75, 3.05) is 34.5 Å². The van der Waals surface area contributed by atoms with Gasteiger partial charge in [-0.15, -0.1) is 0 Å². The standard InChI is InChI=1S/C11H18Br4O3/c1-10(3-12,4-13)7-17-9(16)18-8-11(2,5-14)6-15/h3-8H2,1-2H3. The summed E-state index contributed by atoms with van der Waals surface area (Å²) in [5, 5.41) is 3.00. The van der Waals surface area contributed by atoms with Gasteiger partial charge in [-0.25, -0.2) is 4.79 Å². The summed E-state index contributed by atoms with van der Waals surface area (Å²) in [6, 6.07) is 0. The Morgan fingerprint density at radius 1 is 0.833 bits per heavy atom. The predicted octanol–water partition coefficient (Wildman–Crippen LogP) is 4.73. The maximum Gasteiger partial charge on any atom is 0.508 e. The highest BCUT2D eigenvalue weighted by Crippen LogP contribution is 2.24. The van der Waals surface area contributed by atoms with Gasteiger partial charge in [0, 0.05) is 32.2 Å². The summed E-state index contributed by atoms with van der Waals surface area (Å²) < 4.78 is 10.2. The van der Waals surface area contributed by atoms with Gasteiger partial charge in [-0.05, 0) is 0 Å². The van der Waals surface area contributed by atoms with Crippen LogP contribution in [0.1, 0.15) is 13.8 Å². The average molecular weight is 518 g/mol. The molecule has 0 atom stereocenters. The molecule has 7 heteroatoms. The van der Waals surface area contributed by atoms with Crippen LogP contribution in [0.2, 0.25) is 0 Å². The maximum atomic E-state index is 11.5. The van der Waals surface area contributed by atoms with Gasteiger partial charge in [-0.1, -0.05) is 77.6 Å². The van der Waals surface area contributed by atoms with E-state index in [9.17, 15) is 4.79 Å². The van der Waals surface area contributed by atoms with Crippen LogP contribution < -0.4 is 0 Å². The van der Waals surface area contributed by atoms with Gasteiger partial charge in [-0.2, -0.15) is 0 Å². The molecular formula is C11H18Br4O3. The molecule has 0 heterocycles. The number of carbonyl (C=O) groups excluding carboxylic acids is 1. The number of alkyl halides is 4. The molecule has 3 nitrogen and oxygen atoms in total. The van der Waals surface area contributed by atoms with Gasteiger partial charge in [-0.3, -0.25) is 0 Å². The van der Waals surface area contributed by atoms with E-state index in [4.69, 9.17) is 9.47 Å². The average Bonchev–Trinajstić information content (AvgIpc) is 2.42. The van der Waals surface area contributed by atoms with Crippen LogP contribution in [0.5, 0.6) is 0 Å². The summed E-state index contributed by atoms with van der Waals surface area (Å²) >= 11 is 13.6. The highest BCUT2D eigenvalue weighted by Gasteiger charge is 2.27. The Hall–Kier alpha value is 1.19. The van der Waals surface area contributed by atoms with Crippen molar-refractivity contribution >= 4 is 69.9 Å². The maximum absolute atomic E-state index is 11.5. The van der Waals surface area contributed by atoms with Crippen LogP contribution in [0, 0.1) is 10.8 Å². The molecule has 0 spiro atoms. The lowest BCUT2D eigenvalue weighted by Gasteiger charge is -2.26. The van der Waals surface area contributed by atoms with E-state index in [1.807, 2.05) is 13.8 Å². The molecule has 108 valence electrons. The van der Waals surface area contributed by atoms with Gasteiger partial charge in [0.2, 0.25) is 0 Å². The summed E-state index contributed by atoms with van der Waals surface area (Å²) in [5.74, 6) is 0. The van der Waals surface area contributed by atoms with E-state index in [0.29, 0.717) is 13.2 Å². The Bertz CT molecular complexity index is 229. The molecule has 0 aromatic rings. The quantitative estimate of drug-likeness (QED) is 0.345. The largest absolute Gasteiger partial charge is 0.508 e. The molecule has 0 aliphatic heterocycles. The van der Waals surface area contributed by atoms with Crippen molar-refractivity contribution in [2.24, 2.45) is 10.8 Å². The summed E-state index contributed by atoms with van der Waals surface area (Å²) in [5.41, 5.74) is -0.236. The first-order chi connectivity index (χ1) is 8.34. The van der Waals surface area contributed by atoms with E-state index < -0.39 is 6.16 Å². The zero-order valence-corrected chi connectivity index (χ0v) is 16.8. The highest BCUT2D eigenvalue weighted by molar-refractivity contribution is 9.10. The topological polar surface area (TPSA) is 35.5 Å². The molecule has 0 saturated carbocycles. The Morgan fingerprint density at radius 3 is 1.33 bits per heavy atom. The van der Waals surface area contributed by atoms with Crippen molar-refractivity contribution in [3.8, 4) is 0 Å². The third kappa shape index (κ3) is 7.10. The SMILES string of the molecule is CC(CBr)(CBr)COC(=O)OCC(C)(CBr)CBr. The molecule has 0 unspecified atom stereocenters. The van der Waals surface area contributed by atoms with Crippen LogP contribution in [0.3, 0.4) is 0 Å². The zero-order valence-electron chi connectivity index (χ0n) is 10.5. The van der Waals surface area contributed by atoms with Crippen molar-refractivity contribution < 1.29 is 14.3 Å². The number of hydrogen-bond acceptors (Lipinski definition) is 3. The molecule has 0 saturated heterocycles. The third-order valence-corrected chi connectivity index (χ3v) is 7.78. The molecule has 0 N–H and O–H groups in total. The first-order valence-electron chi connectivity index (χ1n) is 5.38. The van der Waals surface area contributed by atoms with E-state index in [1.54, 1.807) is 0 Å². The molecule has 0 bridgehead atoms. The second-order valence-corrected chi connectivity index (χ2v) is 7.23. The first-order valence-corrected chi connectivity index (χ1v) is 9.87. The third-order valence-electron chi connectivity index (χ3n) is 2.37. The van der Waals surface area contributed by atoms with Crippen LogP contribution in [0.15, 0.2) is 0 Å². The number of rotatable bonds is 8. The second-order valence-electron chi connectivity index (χ2n) is 4.98. The van der Waals surface area contributed by atoms with E-state index in [2.05, 4.69) is 63.7 Å². The fraction of sp³-hybridized carbons (Fsp3) is 0.909. The predicted molar refractivity (Wildman–Crippen MR) is 88.7 cm³/mol. The zero-order chi connectivity index (χ0) is 14.2. The summed E-state index contributed by atoms with van der Waals surface area (Å²) in [6.45, 7) is 4.68. The monoisotopic (exact) mass is 514 g/mol. The molecular weight excluding hydrogens is 500 g/mol. The van der Waals surface area contributed by atoms with Gasteiger partial charge in [0.1, 0.15) is 13.2 Å². The Balaban J connectivity index is 4.06. The van der Waals surface area contributed by atoms with Crippen molar-refractivity contribution in [1.82, 2.24) is 0 Å². The van der Waals surface area contributed by atoms with Crippen LogP contribution in [-0.4, -0.2) is 40.7 Å². The number of ether oxygens (including phenoxy) is 2. The highest BCUT2D eigenvalue weighted by atomic mass is 79.9. The summed E-state index contributed by atoms with van der Waals surface area (Å²) in [4.78, 5) is 11.5. The molecule has 0 aliphatic carbocycles. The van der Waals surface area contributed by atoms with Crippen LogP contribution in [-0.2, 0) is 9.47 Å². The van der Waals surface area contributed by atoms with Gasteiger partial charge < -0.3 is 9.47 Å². The van der Waals surface area contributed by atoms with Crippen molar-refractivity contribution in [3.63, 3.8) is 0 Å². The van der Waals surface area contributed by atoms with Crippen LogP contribution in [0.25, 0.3) is 0 Å². The minimum Gasteiger partial charge on any atom is -0.434 e. The van der Waals surface area contributed by atoms with E-state index >= 15 is 0 Å². The van der Waals surface area contributed by atoms with Crippen molar-refractivity contribution in [1.29, 1.82) is 0 Å². The Kier molecular flexibility index (Phi) is 9.79. The van der Waals surface area contributed by atoms with Gasteiger partial charge >= 0.3 is 6.16 Å². The molecule has 0 aliphatic rings. The smallest absolute Gasteiger partial charge is 0.434 e. The van der Waals surface area contributed by atoms with E-state index in [-0.39, 0.29) is 10.8 Å². The molecule has 0 aromatic heterocycles. The van der Waals surface area contributed by atoms with Crippen LogP contribution in [0.4, 0.5) is 4.79 Å². The van der Waals surface area contributed by atoms with Gasteiger partial charge in [0.15, 0.2) is 0 Å². The molecule has 0 radical (unpaired) electrons. The Morgan fingerprint density at radius 2 is 1.11 bits per heavy atom. The Labute approximate surface area is 142 Å². The van der Waals surface area contributed by atoms with Crippen molar-refractivity contribution in [3.05, 3.63) is 0 Å². The molecule has 18 heavy (non-hydrogen) atoms. The fourth-order valence-corrected chi connectivity index (χ4v) is 3.24. The molecule has 0 amide bonds. The lowest BCUT2D eigenvalue weighted by atomic mass is 9.98. The fourth-order valence-electron chi connectivity index (χ4n) is 0.734. The van der Waals surface area contributed by atoms with Crippen LogP contribution >= 0.6 is 63.7 Å². The first kappa shape index (κ1) is 19.2. The van der Waals surface area contributed by atoms with Gasteiger partial charge in [0.05, 0.1) is 0 Å². The molecule has 0 rings (SSSR count). The molecule has 0 aromatic carbocycles.